The molecular weight excluding hydrogens is 294 g/mol. The second-order valence-corrected chi connectivity index (χ2v) is 7.98. The minimum absolute atomic E-state index is 0. The van der Waals surface area contributed by atoms with E-state index in [4.69, 9.17) is 0 Å². The average molecular weight is 311 g/mol. The van der Waals surface area contributed by atoms with E-state index in [1.807, 2.05) is 0 Å². The maximum Gasteiger partial charge on any atom is 1.00 e. The van der Waals surface area contributed by atoms with Crippen LogP contribution in [0.2, 0.25) is 0 Å². The van der Waals surface area contributed by atoms with Gasteiger partial charge >= 0.3 is 37.7 Å². The van der Waals surface area contributed by atoms with Crippen LogP contribution >= 0.6 is 0 Å². The second kappa shape index (κ2) is 9.34. The summed E-state index contributed by atoms with van der Waals surface area (Å²) >= 11 is -2.02. The predicted molar refractivity (Wildman–Crippen MR) is 62.8 cm³/mol. The zero-order chi connectivity index (χ0) is 12.6. The summed E-state index contributed by atoms with van der Waals surface area (Å²) in [6.45, 7) is 0. The van der Waals surface area contributed by atoms with Gasteiger partial charge in [-0.1, -0.05) is 11.1 Å². The van der Waals surface area contributed by atoms with E-state index in [0.717, 1.165) is 6.42 Å². The standard InChI is InChI=1S/C10H18O5S2.2Li.H2O/c11-16(12)9-3-1-8-6-10(17(13,14)15)4-2-7(8)5-9;;;/h7-10H,1-6H2,(H,11,12)(H,13,14,15);;;1H2/q;2*+1;/p-3. The molecule has 0 saturated heterocycles. The van der Waals surface area contributed by atoms with Gasteiger partial charge in [0.15, 0.2) is 0 Å². The van der Waals surface area contributed by atoms with Crippen molar-refractivity contribution in [1.29, 1.82) is 0 Å². The summed E-state index contributed by atoms with van der Waals surface area (Å²) in [7, 11) is -4.18. The van der Waals surface area contributed by atoms with Crippen molar-refractivity contribution in [2.45, 2.75) is 49.0 Å². The molecule has 0 aromatic rings. The van der Waals surface area contributed by atoms with Crippen LogP contribution in [0.3, 0.4) is 0 Å². The van der Waals surface area contributed by atoms with Gasteiger partial charge in [-0.25, -0.2) is 8.42 Å². The van der Waals surface area contributed by atoms with E-state index >= 15 is 0 Å². The Labute approximate surface area is 146 Å². The molecule has 2 aliphatic carbocycles. The summed E-state index contributed by atoms with van der Waals surface area (Å²) in [6.07, 6.45) is 3.45. The van der Waals surface area contributed by atoms with Gasteiger partial charge in [0.25, 0.3) is 0 Å². The summed E-state index contributed by atoms with van der Waals surface area (Å²) < 4.78 is 54.8. The number of fused-ring (bicyclic) bond motifs is 1. The number of hydrogen-bond donors (Lipinski definition) is 0. The molecule has 1 N–H and O–H groups in total. The Kier molecular flexibility index (Phi) is 11.0. The van der Waals surface area contributed by atoms with Crippen LogP contribution in [0.25, 0.3) is 0 Å². The minimum Gasteiger partial charge on any atom is -0.870 e. The summed E-state index contributed by atoms with van der Waals surface area (Å²) in [4.78, 5) is 0. The molecule has 2 rings (SSSR count). The summed E-state index contributed by atoms with van der Waals surface area (Å²) in [5.41, 5.74) is 0. The molecule has 5 unspecified atom stereocenters. The van der Waals surface area contributed by atoms with Gasteiger partial charge in [-0.05, 0) is 50.4 Å². The third kappa shape index (κ3) is 5.76. The molecule has 0 aliphatic heterocycles. The third-order valence-corrected chi connectivity index (χ3v) is 6.41. The first-order valence-electron chi connectivity index (χ1n) is 5.90. The minimum atomic E-state index is -4.18. The number of hydrogen-bond acceptors (Lipinski definition) is 6. The van der Waals surface area contributed by atoms with Crippen LogP contribution in [-0.4, -0.2) is 37.7 Å². The molecule has 2 saturated carbocycles. The molecule has 2 aliphatic rings. The first-order valence-corrected chi connectivity index (χ1v) is 8.51. The molecule has 5 atom stereocenters. The van der Waals surface area contributed by atoms with E-state index in [0.29, 0.717) is 32.1 Å². The van der Waals surface area contributed by atoms with Gasteiger partial charge in [-0.15, -0.1) is 0 Å². The molecule has 20 heavy (non-hydrogen) atoms. The smallest absolute Gasteiger partial charge is 0.870 e. The normalized spacial score (nSPS) is 34.5. The van der Waals surface area contributed by atoms with E-state index < -0.39 is 26.4 Å². The SMILES string of the molecule is O=S([O-])C1CCC2CC(S(=O)(=O)[O-])CCC2C1.[Li+].[Li+].[OH-]. The Balaban J connectivity index is 0. The fraction of sp³-hybridized carbons (Fsp3) is 1.00. The molecule has 0 aromatic heterocycles. The molecule has 6 nitrogen and oxygen atoms in total. The number of rotatable bonds is 2. The summed E-state index contributed by atoms with van der Waals surface area (Å²) in [6, 6.07) is 0. The third-order valence-electron chi connectivity index (χ3n) is 4.20. The molecule has 0 bridgehead atoms. The molecule has 0 aromatic carbocycles. The predicted octanol–water partition coefficient (Wildman–Crippen LogP) is -5.42. The van der Waals surface area contributed by atoms with Gasteiger partial charge in [0.2, 0.25) is 0 Å². The van der Waals surface area contributed by atoms with Gasteiger partial charge in [-0.2, -0.15) is 0 Å². The van der Waals surface area contributed by atoms with Crippen LogP contribution in [0, 0.1) is 11.8 Å². The molecule has 2 fully saturated rings. The molecule has 0 amide bonds. The Morgan fingerprint density at radius 3 is 1.95 bits per heavy atom. The maximum absolute atomic E-state index is 11.0. The summed E-state index contributed by atoms with van der Waals surface area (Å²) in [5, 5.41) is -1.03. The van der Waals surface area contributed by atoms with E-state index in [1.165, 1.54) is 0 Å². The Hall–Kier alpha value is 1.17. The Morgan fingerprint density at radius 2 is 1.45 bits per heavy atom. The molecule has 0 heterocycles. The van der Waals surface area contributed by atoms with Crippen molar-refractivity contribution in [1.82, 2.24) is 0 Å². The van der Waals surface area contributed by atoms with Crippen LogP contribution in [-0.2, 0) is 21.2 Å². The van der Waals surface area contributed by atoms with Crippen molar-refractivity contribution in [2.75, 3.05) is 0 Å². The Bertz CT molecular complexity index is 416. The van der Waals surface area contributed by atoms with Crippen LogP contribution in [0.1, 0.15) is 38.5 Å². The van der Waals surface area contributed by atoms with Crippen molar-refractivity contribution < 1.29 is 64.9 Å². The topological polar surface area (TPSA) is 127 Å². The maximum atomic E-state index is 11.0. The monoisotopic (exact) mass is 311 g/mol. The zero-order valence-corrected chi connectivity index (χ0v) is 13.5. The van der Waals surface area contributed by atoms with Gasteiger partial charge in [0, 0.05) is 10.5 Å². The van der Waals surface area contributed by atoms with E-state index in [-0.39, 0.29) is 60.3 Å². The van der Waals surface area contributed by atoms with Crippen LogP contribution in [0.15, 0.2) is 0 Å². The van der Waals surface area contributed by atoms with Crippen molar-refractivity contribution in [2.24, 2.45) is 11.8 Å². The zero-order valence-electron chi connectivity index (χ0n) is 11.9. The van der Waals surface area contributed by atoms with E-state index in [1.54, 1.807) is 0 Å². The van der Waals surface area contributed by atoms with Crippen molar-refractivity contribution in [3.8, 4) is 0 Å². The van der Waals surface area contributed by atoms with Gasteiger partial charge in [0.1, 0.15) is 0 Å². The summed E-state index contributed by atoms with van der Waals surface area (Å²) in [5.74, 6) is 0.502. The molecule has 0 radical (unpaired) electrons. The van der Waals surface area contributed by atoms with E-state index in [9.17, 15) is 21.7 Å². The van der Waals surface area contributed by atoms with Crippen LogP contribution < -0.4 is 37.7 Å². The fourth-order valence-corrected chi connectivity index (χ4v) is 4.88. The van der Waals surface area contributed by atoms with Crippen LogP contribution in [0.5, 0.6) is 0 Å². The molecular formula is C10H17Li2O6S2-. The second-order valence-electron chi connectivity index (χ2n) is 5.14. The van der Waals surface area contributed by atoms with Gasteiger partial charge in [-0.3, -0.25) is 4.21 Å². The first-order chi connectivity index (χ1) is 7.88. The average Bonchev–Trinajstić information content (AvgIpc) is 2.26. The molecule has 0 spiro atoms. The van der Waals surface area contributed by atoms with Crippen molar-refractivity contribution in [3.05, 3.63) is 0 Å². The van der Waals surface area contributed by atoms with E-state index in [2.05, 4.69) is 0 Å². The first kappa shape index (κ1) is 23.4. The fourth-order valence-electron chi connectivity index (χ4n) is 3.24. The molecule has 108 valence electrons. The van der Waals surface area contributed by atoms with Crippen LogP contribution in [0.4, 0.5) is 0 Å². The Morgan fingerprint density at radius 1 is 0.950 bits per heavy atom. The van der Waals surface area contributed by atoms with Gasteiger partial charge in [0.05, 0.1) is 10.1 Å². The van der Waals surface area contributed by atoms with Crippen molar-refractivity contribution >= 4 is 21.2 Å². The molecule has 10 heteroatoms. The van der Waals surface area contributed by atoms with Crippen molar-refractivity contribution in [3.63, 3.8) is 0 Å². The van der Waals surface area contributed by atoms with Gasteiger partial charge < -0.3 is 14.6 Å². The largest absolute Gasteiger partial charge is 1.00 e. The quantitative estimate of drug-likeness (QED) is 0.284.